The number of nitrogens with one attached hydrogen (secondary N) is 1. The van der Waals surface area contributed by atoms with Gasteiger partial charge in [-0.3, -0.25) is 4.79 Å². The quantitative estimate of drug-likeness (QED) is 0.731. The molecule has 0 bridgehead atoms. The van der Waals surface area contributed by atoms with Crippen molar-refractivity contribution in [2.45, 2.75) is 46.8 Å². The van der Waals surface area contributed by atoms with Crippen LogP contribution in [0.2, 0.25) is 0 Å². The number of hydrogen-bond donors (Lipinski definition) is 2. The molecule has 0 unspecified atom stereocenters. The molecule has 4 rings (SSSR count). The van der Waals surface area contributed by atoms with E-state index in [4.69, 9.17) is 4.98 Å². The van der Waals surface area contributed by atoms with E-state index in [2.05, 4.69) is 37.4 Å². The van der Waals surface area contributed by atoms with E-state index in [0.717, 1.165) is 28.4 Å². The molecule has 2 N–H and O–H groups in total. The van der Waals surface area contributed by atoms with Crippen molar-refractivity contribution in [3.05, 3.63) is 58.5 Å². The van der Waals surface area contributed by atoms with Crippen LogP contribution in [-0.2, 0) is 11.3 Å². The predicted molar refractivity (Wildman–Crippen MR) is 111 cm³/mol. The number of aliphatic hydroxyl groups is 1. The van der Waals surface area contributed by atoms with Crippen LogP contribution in [0.5, 0.6) is 0 Å². The van der Waals surface area contributed by atoms with Gasteiger partial charge in [-0.1, -0.05) is 18.2 Å². The lowest BCUT2D eigenvalue weighted by Gasteiger charge is -2.19. The number of benzene rings is 1. The summed E-state index contributed by atoms with van der Waals surface area (Å²) in [5.41, 5.74) is 8.25. The fourth-order valence-electron chi connectivity index (χ4n) is 3.88. The Morgan fingerprint density at radius 3 is 2.57 bits per heavy atom. The number of carbonyl (C=O) groups is 1. The molecule has 3 heterocycles. The third-order valence-electron chi connectivity index (χ3n) is 5.70. The van der Waals surface area contributed by atoms with Gasteiger partial charge in [0, 0.05) is 18.4 Å². The van der Waals surface area contributed by atoms with Crippen molar-refractivity contribution in [2.75, 3.05) is 16.8 Å². The van der Waals surface area contributed by atoms with Crippen molar-refractivity contribution in [2.24, 2.45) is 0 Å². The Hall–Kier alpha value is -2.86. The Kier molecular flexibility index (Phi) is 4.59. The van der Waals surface area contributed by atoms with Gasteiger partial charge < -0.3 is 19.7 Å². The number of imidazole rings is 1. The van der Waals surface area contributed by atoms with Crippen molar-refractivity contribution in [3.8, 4) is 0 Å². The molecule has 0 saturated carbocycles. The summed E-state index contributed by atoms with van der Waals surface area (Å²) in [6.07, 6.45) is 1.50. The largest absolute Gasteiger partial charge is 0.391 e. The Balaban J connectivity index is 1.76. The fraction of sp³-hybridized carbons (Fsp3) is 0.364. The van der Waals surface area contributed by atoms with Crippen LogP contribution >= 0.6 is 0 Å². The number of nitrogens with zero attached hydrogens (tertiary/aromatic N) is 3. The molecule has 1 aliphatic rings. The van der Waals surface area contributed by atoms with Gasteiger partial charge in [0.1, 0.15) is 0 Å². The molecule has 1 amide bonds. The van der Waals surface area contributed by atoms with Crippen molar-refractivity contribution >= 4 is 22.9 Å². The number of anilines is 2. The minimum Gasteiger partial charge on any atom is -0.391 e. The van der Waals surface area contributed by atoms with Crippen LogP contribution in [-0.4, -0.2) is 33.0 Å². The van der Waals surface area contributed by atoms with Crippen LogP contribution in [0, 0.1) is 27.7 Å². The van der Waals surface area contributed by atoms with Gasteiger partial charge in [-0.25, -0.2) is 4.98 Å². The Labute approximate surface area is 164 Å². The van der Waals surface area contributed by atoms with Crippen LogP contribution in [0.25, 0.3) is 5.65 Å². The molecule has 2 aromatic heterocycles. The number of aliphatic hydroxyl groups excluding tert-OH is 1. The van der Waals surface area contributed by atoms with Crippen molar-refractivity contribution in [1.29, 1.82) is 0 Å². The summed E-state index contributed by atoms with van der Waals surface area (Å²) in [5, 5.41) is 13.4. The monoisotopic (exact) mass is 378 g/mol. The van der Waals surface area contributed by atoms with Crippen molar-refractivity contribution in [1.82, 2.24) is 9.38 Å². The van der Waals surface area contributed by atoms with Crippen LogP contribution in [0.1, 0.15) is 34.5 Å². The molecule has 6 nitrogen and oxygen atoms in total. The average Bonchev–Trinajstić information content (AvgIpc) is 3.13. The predicted octanol–water partition coefficient (Wildman–Crippen LogP) is 3.28. The highest BCUT2D eigenvalue weighted by molar-refractivity contribution is 5.97. The van der Waals surface area contributed by atoms with E-state index in [1.54, 1.807) is 4.90 Å². The van der Waals surface area contributed by atoms with Gasteiger partial charge in [0.05, 0.1) is 36.1 Å². The van der Waals surface area contributed by atoms with E-state index in [0.29, 0.717) is 13.1 Å². The van der Waals surface area contributed by atoms with E-state index < -0.39 is 6.10 Å². The second kappa shape index (κ2) is 6.95. The van der Waals surface area contributed by atoms with E-state index in [1.165, 1.54) is 16.7 Å². The number of β-amino-alcohol motifs (C(OH)–C–C–N with tert-alkyl or cyclic N) is 1. The second-order valence-electron chi connectivity index (χ2n) is 7.67. The van der Waals surface area contributed by atoms with Gasteiger partial charge in [0.15, 0.2) is 5.65 Å². The zero-order valence-corrected chi connectivity index (χ0v) is 16.8. The van der Waals surface area contributed by atoms with Gasteiger partial charge >= 0.3 is 0 Å². The Morgan fingerprint density at radius 1 is 1.21 bits per heavy atom. The molecule has 1 aliphatic heterocycles. The summed E-state index contributed by atoms with van der Waals surface area (Å²) >= 11 is 0. The lowest BCUT2D eigenvalue weighted by molar-refractivity contribution is -0.117. The molecule has 0 spiro atoms. The fourth-order valence-corrected chi connectivity index (χ4v) is 3.88. The number of aryl methyl sites for hydroxylation is 4. The van der Waals surface area contributed by atoms with Crippen molar-refractivity contribution in [3.63, 3.8) is 0 Å². The molecular weight excluding hydrogens is 352 g/mol. The number of hydrogen-bond acceptors (Lipinski definition) is 4. The maximum absolute atomic E-state index is 12.3. The second-order valence-corrected chi connectivity index (χ2v) is 7.67. The van der Waals surface area contributed by atoms with Crippen LogP contribution in [0.3, 0.4) is 0 Å². The maximum atomic E-state index is 12.3. The summed E-state index contributed by atoms with van der Waals surface area (Å²) < 4.78 is 2.02. The highest BCUT2D eigenvalue weighted by Gasteiger charge is 2.30. The SMILES string of the molecule is Cc1cccc(C)c1CNc1cc(N2C[C@H](O)CC2=O)cn2c(C)c(C)nc12. The number of carbonyl (C=O) groups excluding carboxylic acids is 1. The zero-order valence-electron chi connectivity index (χ0n) is 16.8. The molecule has 3 aromatic rings. The molecule has 1 saturated heterocycles. The first-order chi connectivity index (χ1) is 13.3. The van der Waals surface area contributed by atoms with E-state index >= 15 is 0 Å². The van der Waals surface area contributed by atoms with Crippen LogP contribution in [0.4, 0.5) is 11.4 Å². The molecule has 1 fully saturated rings. The summed E-state index contributed by atoms with van der Waals surface area (Å²) in [6.45, 7) is 9.25. The molecule has 0 radical (unpaired) electrons. The molecule has 0 aliphatic carbocycles. The lowest BCUT2D eigenvalue weighted by Crippen LogP contribution is -2.25. The summed E-state index contributed by atoms with van der Waals surface area (Å²) in [6, 6.07) is 8.26. The highest BCUT2D eigenvalue weighted by atomic mass is 16.3. The standard InChI is InChI=1S/C22H26N4O2/c1-13-6-5-7-14(2)19(13)10-23-20-8-17(26-12-18(27)9-21(26)28)11-25-16(4)15(3)24-22(20)25/h5-8,11,18,23,27H,9-10,12H2,1-4H3/t18-/m1/s1. The normalized spacial score (nSPS) is 17.0. The first-order valence-electron chi connectivity index (χ1n) is 9.62. The third kappa shape index (κ3) is 3.14. The van der Waals surface area contributed by atoms with E-state index in [-0.39, 0.29) is 12.3 Å². The molecule has 28 heavy (non-hydrogen) atoms. The highest BCUT2D eigenvalue weighted by Crippen LogP contribution is 2.30. The minimum atomic E-state index is -0.611. The first kappa shape index (κ1) is 18.5. The number of pyridine rings is 1. The van der Waals surface area contributed by atoms with Gasteiger partial charge in [0.25, 0.3) is 0 Å². The van der Waals surface area contributed by atoms with Gasteiger partial charge in [-0.05, 0) is 50.5 Å². The average molecular weight is 378 g/mol. The smallest absolute Gasteiger partial charge is 0.229 e. The molecular formula is C22H26N4O2. The molecule has 146 valence electrons. The maximum Gasteiger partial charge on any atom is 0.229 e. The molecule has 1 atom stereocenters. The topological polar surface area (TPSA) is 69.9 Å². The summed E-state index contributed by atoms with van der Waals surface area (Å²) in [7, 11) is 0. The van der Waals surface area contributed by atoms with E-state index in [9.17, 15) is 9.90 Å². The minimum absolute atomic E-state index is 0.0537. The summed E-state index contributed by atoms with van der Waals surface area (Å²) in [5.74, 6) is -0.0537. The van der Waals surface area contributed by atoms with Crippen LogP contribution in [0.15, 0.2) is 30.5 Å². The summed E-state index contributed by atoms with van der Waals surface area (Å²) in [4.78, 5) is 18.7. The number of amides is 1. The number of fused-ring (bicyclic) bond motifs is 1. The number of aromatic nitrogens is 2. The molecule has 1 aromatic carbocycles. The number of rotatable bonds is 4. The third-order valence-corrected chi connectivity index (χ3v) is 5.70. The van der Waals surface area contributed by atoms with Gasteiger partial charge in [0.2, 0.25) is 5.91 Å². The zero-order chi connectivity index (χ0) is 20.0. The first-order valence-corrected chi connectivity index (χ1v) is 9.62. The van der Waals surface area contributed by atoms with E-state index in [1.807, 2.05) is 30.5 Å². The van der Waals surface area contributed by atoms with Gasteiger partial charge in [-0.15, -0.1) is 0 Å². The van der Waals surface area contributed by atoms with Crippen molar-refractivity contribution < 1.29 is 9.90 Å². The van der Waals surface area contributed by atoms with Crippen LogP contribution < -0.4 is 10.2 Å². The van der Waals surface area contributed by atoms with Gasteiger partial charge in [-0.2, -0.15) is 0 Å². The Bertz CT molecular complexity index is 1050. The Morgan fingerprint density at radius 2 is 1.93 bits per heavy atom. The molecule has 6 heteroatoms. The lowest BCUT2D eigenvalue weighted by atomic mass is 10.0.